The second kappa shape index (κ2) is 14.5. The number of methoxy groups -OCH3 is 2. The molecule has 0 radical (unpaired) electrons. The molecule has 0 bridgehead atoms. The molecule has 0 aromatic heterocycles. The number of hydrogen-bond donors (Lipinski definition) is 1. The molecule has 228 valence electrons. The van der Waals surface area contributed by atoms with Gasteiger partial charge in [-0.15, -0.1) is 0 Å². The molecule has 0 aliphatic heterocycles. The van der Waals surface area contributed by atoms with Gasteiger partial charge in [-0.1, -0.05) is 43.5 Å². The summed E-state index contributed by atoms with van der Waals surface area (Å²) in [6.45, 7) is 10.2. The molecule has 1 aliphatic rings. The lowest BCUT2D eigenvalue weighted by molar-refractivity contribution is -0.149. The molecule has 0 saturated heterocycles. The SMILES string of the molecule is C=C(C)C(=O)OC(COC)COc1c2c(c(OCC(COC)OC(=O)C(=C)C)c3ccccc13)CC(S(=O)(=O)O)=CC2. The van der Waals surface area contributed by atoms with Gasteiger partial charge >= 0.3 is 11.9 Å². The number of carbonyl (C=O) groups is 2. The first kappa shape index (κ1) is 32.8. The summed E-state index contributed by atoms with van der Waals surface area (Å²) in [6, 6.07) is 7.19. The van der Waals surface area contributed by atoms with E-state index in [-0.39, 0.29) is 55.3 Å². The van der Waals surface area contributed by atoms with E-state index >= 15 is 0 Å². The second-order valence-corrected chi connectivity index (χ2v) is 11.3. The summed E-state index contributed by atoms with van der Waals surface area (Å²) in [4.78, 5) is 24.1. The molecule has 0 spiro atoms. The Labute approximate surface area is 245 Å². The van der Waals surface area contributed by atoms with E-state index in [1.54, 1.807) is 12.1 Å². The summed E-state index contributed by atoms with van der Waals surface area (Å²) in [5.41, 5.74) is 1.54. The van der Waals surface area contributed by atoms with Crippen LogP contribution in [0.1, 0.15) is 25.0 Å². The van der Waals surface area contributed by atoms with Gasteiger partial charge in [-0.3, -0.25) is 4.55 Å². The van der Waals surface area contributed by atoms with Crippen molar-refractivity contribution in [3.05, 3.63) is 70.7 Å². The van der Waals surface area contributed by atoms with Crippen LogP contribution in [0.2, 0.25) is 0 Å². The molecule has 2 unspecified atom stereocenters. The number of benzene rings is 2. The molecule has 2 atom stereocenters. The number of rotatable bonds is 15. The Bertz CT molecular complexity index is 1490. The summed E-state index contributed by atoms with van der Waals surface area (Å²) in [5, 5.41) is 1.24. The molecule has 0 fully saturated rings. The van der Waals surface area contributed by atoms with Crippen LogP contribution in [0.3, 0.4) is 0 Å². The van der Waals surface area contributed by atoms with Gasteiger partial charge in [0.1, 0.15) is 24.7 Å². The van der Waals surface area contributed by atoms with Crippen molar-refractivity contribution in [1.82, 2.24) is 0 Å². The first-order valence-corrected chi connectivity index (χ1v) is 14.5. The lowest BCUT2D eigenvalue weighted by Gasteiger charge is -2.27. The average molecular weight is 605 g/mol. The molecule has 11 nitrogen and oxygen atoms in total. The topological polar surface area (TPSA) is 144 Å². The van der Waals surface area contributed by atoms with E-state index in [0.29, 0.717) is 33.4 Å². The van der Waals surface area contributed by atoms with Crippen molar-refractivity contribution < 1.29 is 51.0 Å². The fraction of sp³-hybridized carbons (Fsp3) is 0.400. The molecule has 0 heterocycles. The zero-order valence-corrected chi connectivity index (χ0v) is 25.0. The van der Waals surface area contributed by atoms with E-state index in [1.807, 2.05) is 12.1 Å². The number of carbonyl (C=O) groups excluding carboxylic acids is 2. The molecule has 42 heavy (non-hydrogen) atoms. The van der Waals surface area contributed by atoms with E-state index in [1.165, 1.54) is 34.1 Å². The van der Waals surface area contributed by atoms with Crippen molar-refractivity contribution in [2.75, 3.05) is 40.6 Å². The highest BCUT2D eigenvalue weighted by molar-refractivity contribution is 7.89. The van der Waals surface area contributed by atoms with Gasteiger partial charge in [0.25, 0.3) is 10.1 Å². The van der Waals surface area contributed by atoms with Crippen LogP contribution in [-0.4, -0.2) is 77.8 Å². The summed E-state index contributed by atoms with van der Waals surface area (Å²) in [7, 11) is -1.56. The van der Waals surface area contributed by atoms with E-state index in [0.717, 1.165) is 0 Å². The Hall–Kier alpha value is -3.71. The predicted octanol–water partition coefficient (Wildman–Crippen LogP) is 3.74. The van der Waals surface area contributed by atoms with Crippen LogP contribution in [0.15, 0.2) is 59.6 Å². The number of hydrogen-bond acceptors (Lipinski definition) is 10. The highest BCUT2D eigenvalue weighted by Gasteiger charge is 2.30. The van der Waals surface area contributed by atoms with E-state index in [2.05, 4.69) is 13.2 Å². The molecule has 3 rings (SSSR count). The van der Waals surface area contributed by atoms with Crippen molar-refractivity contribution in [3.63, 3.8) is 0 Å². The van der Waals surface area contributed by atoms with Crippen LogP contribution in [0.5, 0.6) is 11.5 Å². The minimum atomic E-state index is -4.49. The number of fused-ring (bicyclic) bond motifs is 2. The third kappa shape index (κ3) is 8.19. The van der Waals surface area contributed by atoms with Crippen molar-refractivity contribution in [1.29, 1.82) is 0 Å². The van der Waals surface area contributed by atoms with E-state index in [4.69, 9.17) is 28.4 Å². The Balaban J connectivity index is 2.07. The van der Waals surface area contributed by atoms with Crippen molar-refractivity contribution in [2.24, 2.45) is 0 Å². The summed E-state index contributed by atoms with van der Waals surface area (Å²) < 4.78 is 67.8. The summed E-state index contributed by atoms with van der Waals surface area (Å²) >= 11 is 0. The highest BCUT2D eigenvalue weighted by Crippen LogP contribution is 2.44. The number of esters is 2. The molecule has 0 saturated carbocycles. The summed E-state index contributed by atoms with van der Waals surface area (Å²) in [5.74, 6) is -0.411. The quantitative estimate of drug-likeness (QED) is 0.180. The molecule has 1 aliphatic carbocycles. The lowest BCUT2D eigenvalue weighted by Crippen LogP contribution is -2.30. The minimum absolute atomic E-state index is 0.0420. The first-order chi connectivity index (χ1) is 19.9. The lowest BCUT2D eigenvalue weighted by atomic mass is 9.90. The van der Waals surface area contributed by atoms with Crippen LogP contribution >= 0.6 is 0 Å². The van der Waals surface area contributed by atoms with Gasteiger partial charge in [-0.25, -0.2) is 9.59 Å². The van der Waals surface area contributed by atoms with Gasteiger partial charge in [-0.05, 0) is 20.3 Å². The van der Waals surface area contributed by atoms with Crippen LogP contribution in [0.4, 0.5) is 0 Å². The molecule has 0 amide bonds. The fourth-order valence-corrected chi connectivity index (χ4v) is 4.95. The molecule has 12 heteroatoms. The van der Waals surface area contributed by atoms with Gasteiger partial charge in [0.2, 0.25) is 0 Å². The maximum absolute atomic E-state index is 12.2. The highest BCUT2D eigenvalue weighted by atomic mass is 32.2. The van der Waals surface area contributed by atoms with Crippen LogP contribution in [0.25, 0.3) is 10.8 Å². The van der Waals surface area contributed by atoms with Gasteiger partial charge in [0, 0.05) is 53.7 Å². The number of ether oxygens (including phenoxy) is 6. The third-order valence-electron chi connectivity index (χ3n) is 6.32. The van der Waals surface area contributed by atoms with E-state index in [9.17, 15) is 22.6 Å². The van der Waals surface area contributed by atoms with Crippen LogP contribution < -0.4 is 9.47 Å². The van der Waals surface area contributed by atoms with Crippen molar-refractivity contribution in [3.8, 4) is 11.5 Å². The van der Waals surface area contributed by atoms with Gasteiger partial charge < -0.3 is 28.4 Å². The molecular formula is C30H36O11S. The van der Waals surface area contributed by atoms with Gasteiger partial charge in [0.05, 0.1) is 18.1 Å². The van der Waals surface area contributed by atoms with Crippen LogP contribution in [-0.2, 0) is 51.5 Å². The monoisotopic (exact) mass is 604 g/mol. The smallest absolute Gasteiger partial charge is 0.333 e. The van der Waals surface area contributed by atoms with Gasteiger partial charge in [0.15, 0.2) is 12.2 Å². The molecule has 1 N–H and O–H groups in total. The Kier molecular flexibility index (Phi) is 11.3. The standard InChI is InChI=1S/C30H36O11S/c1-18(2)29(31)40-20(14-36-5)16-38-27-23-9-7-8-10-24(23)28(26-13-22(42(33,34)35)11-12-25(26)27)39-17-21(15-37-6)41-30(32)19(3)4/h7-11,20-21H,1,3,12-17H2,2,4-6H3,(H,33,34,35). The minimum Gasteiger partial charge on any atom is -0.489 e. The zero-order valence-electron chi connectivity index (χ0n) is 24.1. The van der Waals surface area contributed by atoms with Crippen molar-refractivity contribution >= 4 is 32.8 Å². The molecule has 2 aromatic carbocycles. The molecule has 2 aromatic rings. The predicted molar refractivity (Wildman–Crippen MR) is 155 cm³/mol. The van der Waals surface area contributed by atoms with Gasteiger partial charge in [-0.2, -0.15) is 8.42 Å². The summed E-state index contributed by atoms with van der Waals surface area (Å²) in [6.07, 6.45) is -0.193. The molecular weight excluding hydrogens is 568 g/mol. The Morgan fingerprint density at radius 2 is 1.29 bits per heavy atom. The zero-order chi connectivity index (χ0) is 31.0. The Morgan fingerprint density at radius 1 is 0.833 bits per heavy atom. The van der Waals surface area contributed by atoms with Crippen LogP contribution in [0, 0.1) is 0 Å². The third-order valence-corrected chi connectivity index (χ3v) is 7.30. The normalized spacial score (nSPS) is 14.3. The maximum Gasteiger partial charge on any atom is 0.333 e. The first-order valence-electron chi connectivity index (χ1n) is 13.1. The van der Waals surface area contributed by atoms with Crippen molar-refractivity contribution in [2.45, 2.75) is 38.9 Å². The average Bonchev–Trinajstić information content (AvgIpc) is 2.93. The maximum atomic E-state index is 12.2. The fourth-order valence-electron chi connectivity index (χ4n) is 4.33. The largest absolute Gasteiger partial charge is 0.489 e. The second-order valence-electron chi connectivity index (χ2n) is 9.84. The van der Waals surface area contributed by atoms with E-state index < -0.39 is 34.3 Å². The number of allylic oxidation sites excluding steroid dienone is 2. The Morgan fingerprint density at radius 3 is 1.69 bits per heavy atom.